The topological polar surface area (TPSA) is 29.9 Å². The number of aromatic nitrogens is 2. The van der Waals surface area contributed by atoms with Crippen molar-refractivity contribution in [2.24, 2.45) is 7.05 Å². The van der Waals surface area contributed by atoms with Gasteiger partial charge in [0.2, 0.25) is 0 Å². The van der Waals surface area contributed by atoms with E-state index in [0.29, 0.717) is 6.04 Å². The molecule has 1 aromatic heterocycles. The van der Waals surface area contributed by atoms with Crippen LogP contribution in [0.15, 0.2) is 30.5 Å². The molecular formula is C17H24ClN3. The number of nitrogens with zero attached hydrogens (tertiary/aromatic N) is 2. The summed E-state index contributed by atoms with van der Waals surface area (Å²) in [4.78, 5) is 0. The highest BCUT2D eigenvalue weighted by Crippen LogP contribution is 2.25. The van der Waals surface area contributed by atoms with Crippen LogP contribution in [0.3, 0.4) is 0 Å². The van der Waals surface area contributed by atoms with Crippen molar-refractivity contribution in [3.05, 3.63) is 52.3 Å². The van der Waals surface area contributed by atoms with Gasteiger partial charge in [-0.15, -0.1) is 0 Å². The van der Waals surface area contributed by atoms with Crippen LogP contribution in [-0.4, -0.2) is 16.3 Å². The number of hydrogen-bond donors (Lipinski definition) is 1. The molecule has 0 aliphatic rings. The Kier molecular flexibility index (Phi) is 5.83. The first kappa shape index (κ1) is 16.1. The normalized spacial score (nSPS) is 12.6. The van der Waals surface area contributed by atoms with E-state index in [4.69, 9.17) is 11.6 Å². The highest BCUT2D eigenvalue weighted by molar-refractivity contribution is 6.30. The summed E-state index contributed by atoms with van der Waals surface area (Å²) in [6, 6.07) is 8.62. The third-order valence-corrected chi connectivity index (χ3v) is 4.09. The molecule has 0 spiro atoms. The Morgan fingerprint density at radius 2 is 2.14 bits per heavy atom. The van der Waals surface area contributed by atoms with E-state index in [9.17, 15) is 0 Å². The van der Waals surface area contributed by atoms with Gasteiger partial charge in [-0.05, 0) is 62.1 Å². The predicted octanol–water partition coefficient (Wildman–Crippen LogP) is 4.06. The molecule has 1 atom stereocenters. The summed E-state index contributed by atoms with van der Waals surface area (Å²) < 4.78 is 1.95. The first-order valence-corrected chi connectivity index (χ1v) is 7.96. The van der Waals surface area contributed by atoms with Gasteiger partial charge in [-0.1, -0.05) is 24.6 Å². The Labute approximate surface area is 132 Å². The van der Waals surface area contributed by atoms with Crippen molar-refractivity contribution >= 4 is 11.6 Å². The van der Waals surface area contributed by atoms with Crippen molar-refractivity contribution in [3.63, 3.8) is 0 Å². The van der Waals surface area contributed by atoms with Gasteiger partial charge < -0.3 is 5.32 Å². The molecule has 0 saturated heterocycles. The molecule has 2 aromatic rings. The van der Waals surface area contributed by atoms with E-state index in [0.717, 1.165) is 30.8 Å². The summed E-state index contributed by atoms with van der Waals surface area (Å²) >= 11 is 6.07. The Morgan fingerprint density at radius 1 is 1.33 bits per heavy atom. The first-order valence-electron chi connectivity index (χ1n) is 7.58. The summed E-state index contributed by atoms with van der Waals surface area (Å²) in [7, 11) is 2.00. The molecule has 0 bridgehead atoms. The summed E-state index contributed by atoms with van der Waals surface area (Å²) in [5.41, 5.74) is 3.86. The minimum absolute atomic E-state index is 0.358. The maximum atomic E-state index is 6.07. The van der Waals surface area contributed by atoms with E-state index in [1.807, 2.05) is 30.1 Å². The third kappa shape index (κ3) is 4.32. The standard InChI is InChI=1S/C17H24ClN3/c1-4-10-19-17(8-6-15-9-11-20-21(15)3)16-7-5-14(18)12-13(16)2/h5,7,9,11-12,17,19H,4,6,8,10H2,1-3H3. The second-order valence-corrected chi connectivity index (χ2v) is 5.93. The molecule has 1 heterocycles. The fraction of sp³-hybridized carbons (Fsp3) is 0.471. The van der Waals surface area contributed by atoms with E-state index in [1.165, 1.54) is 16.8 Å². The van der Waals surface area contributed by atoms with Gasteiger partial charge in [0.15, 0.2) is 0 Å². The lowest BCUT2D eigenvalue weighted by Crippen LogP contribution is -2.23. The largest absolute Gasteiger partial charge is 0.310 e. The maximum Gasteiger partial charge on any atom is 0.0492 e. The zero-order chi connectivity index (χ0) is 15.2. The molecule has 4 heteroatoms. The lowest BCUT2D eigenvalue weighted by Gasteiger charge is -2.21. The molecule has 1 N–H and O–H groups in total. The molecule has 1 aromatic carbocycles. The molecule has 21 heavy (non-hydrogen) atoms. The van der Waals surface area contributed by atoms with Crippen LogP contribution in [0, 0.1) is 6.92 Å². The minimum atomic E-state index is 0.358. The van der Waals surface area contributed by atoms with Gasteiger partial charge in [0, 0.05) is 30.0 Å². The summed E-state index contributed by atoms with van der Waals surface area (Å²) in [5, 5.41) is 8.70. The van der Waals surface area contributed by atoms with Crippen LogP contribution in [0.2, 0.25) is 5.02 Å². The van der Waals surface area contributed by atoms with Crippen molar-refractivity contribution in [2.75, 3.05) is 6.54 Å². The van der Waals surface area contributed by atoms with E-state index in [2.05, 4.69) is 36.4 Å². The van der Waals surface area contributed by atoms with Gasteiger partial charge in [0.1, 0.15) is 0 Å². The van der Waals surface area contributed by atoms with Gasteiger partial charge in [-0.25, -0.2) is 0 Å². The predicted molar refractivity (Wildman–Crippen MR) is 88.8 cm³/mol. The molecule has 114 valence electrons. The highest BCUT2D eigenvalue weighted by Gasteiger charge is 2.14. The summed E-state index contributed by atoms with van der Waals surface area (Å²) in [6.45, 7) is 5.35. The van der Waals surface area contributed by atoms with Crippen molar-refractivity contribution < 1.29 is 0 Å². The minimum Gasteiger partial charge on any atom is -0.310 e. The van der Waals surface area contributed by atoms with Crippen LogP contribution < -0.4 is 5.32 Å². The smallest absolute Gasteiger partial charge is 0.0492 e. The zero-order valence-corrected chi connectivity index (χ0v) is 13.8. The lowest BCUT2D eigenvalue weighted by atomic mass is 9.96. The SMILES string of the molecule is CCCNC(CCc1ccnn1C)c1ccc(Cl)cc1C. The lowest BCUT2D eigenvalue weighted by molar-refractivity contribution is 0.490. The van der Waals surface area contributed by atoms with Gasteiger partial charge in [-0.3, -0.25) is 4.68 Å². The molecule has 0 saturated carbocycles. The number of aryl methyl sites for hydroxylation is 3. The number of benzene rings is 1. The molecule has 0 amide bonds. The van der Waals surface area contributed by atoms with Crippen molar-refractivity contribution in [1.82, 2.24) is 15.1 Å². The van der Waals surface area contributed by atoms with Crippen LogP contribution >= 0.6 is 11.6 Å². The van der Waals surface area contributed by atoms with Gasteiger partial charge in [0.05, 0.1) is 0 Å². The molecular weight excluding hydrogens is 282 g/mol. The van der Waals surface area contributed by atoms with Gasteiger partial charge >= 0.3 is 0 Å². The number of halogens is 1. The second-order valence-electron chi connectivity index (χ2n) is 5.49. The summed E-state index contributed by atoms with van der Waals surface area (Å²) in [5.74, 6) is 0. The average Bonchev–Trinajstić information content (AvgIpc) is 2.85. The second kappa shape index (κ2) is 7.62. The number of nitrogens with one attached hydrogen (secondary N) is 1. The quantitative estimate of drug-likeness (QED) is 0.836. The van der Waals surface area contributed by atoms with Crippen LogP contribution in [-0.2, 0) is 13.5 Å². The van der Waals surface area contributed by atoms with Gasteiger partial charge in [-0.2, -0.15) is 5.10 Å². The van der Waals surface area contributed by atoms with Gasteiger partial charge in [0.25, 0.3) is 0 Å². The number of rotatable bonds is 7. The molecule has 0 fully saturated rings. The van der Waals surface area contributed by atoms with Crippen molar-refractivity contribution in [3.8, 4) is 0 Å². The molecule has 1 unspecified atom stereocenters. The number of hydrogen-bond acceptors (Lipinski definition) is 2. The molecule has 3 nitrogen and oxygen atoms in total. The van der Waals surface area contributed by atoms with Crippen LogP contribution in [0.1, 0.15) is 42.6 Å². The van der Waals surface area contributed by atoms with E-state index in [1.54, 1.807) is 0 Å². The van der Waals surface area contributed by atoms with Crippen LogP contribution in [0.4, 0.5) is 0 Å². The van der Waals surface area contributed by atoms with Crippen molar-refractivity contribution in [2.45, 2.75) is 39.2 Å². The Morgan fingerprint density at radius 3 is 2.76 bits per heavy atom. The zero-order valence-electron chi connectivity index (χ0n) is 13.1. The molecule has 0 aliphatic carbocycles. The van der Waals surface area contributed by atoms with Crippen LogP contribution in [0.5, 0.6) is 0 Å². The molecule has 2 rings (SSSR count). The Hall–Kier alpha value is -1.32. The van der Waals surface area contributed by atoms with Crippen molar-refractivity contribution in [1.29, 1.82) is 0 Å². The van der Waals surface area contributed by atoms with E-state index >= 15 is 0 Å². The third-order valence-electron chi connectivity index (χ3n) is 3.86. The Balaban J connectivity index is 2.12. The van der Waals surface area contributed by atoms with Crippen LogP contribution in [0.25, 0.3) is 0 Å². The fourth-order valence-electron chi connectivity index (χ4n) is 2.65. The Bertz CT molecular complexity index is 577. The average molecular weight is 306 g/mol. The molecule has 0 radical (unpaired) electrons. The first-order chi connectivity index (χ1) is 10.1. The summed E-state index contributed by atoms with van der Waals surface area (Å²) in [6.07, 6.45) is 5.06. The highest BCUT2D eigenvalue weighted by atomic mass is 35.5. The van der Waals surface area contributed by atoms with E-state index < -0.39 is 0 Å². The monoisotopic (exact) mass is 305 g/mol. The maximum absolute atomic E-state index is 6.07. The van der Waals surface area contributed by atoms with E-state index in [-0.39, 0.29) is 0 Å². The fourth-order valence-corrected chi connectivity index (χ4v) is 2.88. The molecule has 0 aliphatic heterocycles.